The van der Waals surface area contributed by atoms with E-state index in [1.54, 1.807) is 0 Å². The number of aliphatic hydroxyl groups excluding tert-OH is 4. The van der Waals surface area contributed by atoms with Crippen molar-refractivity contribution in [1.82, 2.24) is 15.3 Å². The predicted octanol–water partition coefficient (Wildman–Crippen LogP) is 0.821. The number of hydrogen-bond donors (Lipinski definition) is 7. The summed E-state index contributed by atoms with van der Waals surface area (Å²) in [6.07, 6.45) is 0.416. The maximum absolute atomic E-state index is 14.8. The van der Waals surface area contributed by atoms with Gasteiger partial charge >= 0.3 is 0 Å². The van der Waals surface area contributed by atoms with Gasteiger partial charge in [-0.15, -0.1) is 0 Å². The van der Waals surface area contributed by atoms with Gasteiger partial charge in [0.1, 0.15) is 24.1 Å². The summed E-state index contributed by atoms with van der Waals surface area (Å²) in [5.74, 6) is -2.57. The molecule has 0 saturated heterocycles. The molecule has 0 spiro atoms. The molecule has 3 rings (SSSR count). The van der Waals surface area contributed by atoms with Crippen LogP contribution in [0.3, 0.4) is 0 Å². The molecule has 1 aliphatic rings. The summed E-state index contributed by atoms with van der Waals surface area (Å²) >= 11 is 0. The number of nitrogens with two attached hydrogens (primary N) is 1. The van der Waals surface area contributed by atoms with Gasteiger partial charge in [-0.1, -0.05) is 49.6 Å². The Kier molecular flexibility index (Phi) is 12.9. The Bertz CT molecular complexity index is 1330. The second kappa shape index (κ2) is 15.7. The lowest BCUT2D eigenvalue weighted by molar-refractivity contribution is -0.148. The van der Waals surface area contributed by atoms with Crippen LogP contribution < -0.4 is 11.1 Å². The number of ketones is 1. The van der Waals surface area contributed by atoms with Crippen molar-refractivity contribution in [3.8, 4) is 0 Å². The number of hydrogen-bond acceptors (Lipinski definition) is 10. The molecule has 1 aliphatic carbocycles. The molecule has 8 N–H and O–H groups in total. The highest BCUT2D eigenvalue weighted by molar-refractivity contribution is 7.92. The summed E-state index contributed by atoms with van der Waals surface area (Å²) in [7, 11) is -4.08. The zero-order valence-electron chi connectivity index (χ0n) is 26.4. The molecular weight excluding hydrogens is 600 g/mol. The van der Waals surface area contributed by atoms with Crippen LogP contribution in [-0.2, 0) is 32.3 Å². The number of Topliss-reactive ketones (excluding diaryl/α,β-unsaturated/α-hetero) is 1. The van der Waals surface area contributed by atoms with Crippen LogP contribution in [0.15, 0.2) is 42.9 Å². The average Bonchev–Trinajstić information content (AvgIpc) is 3.53. The maximum Gasteiger partial charge on any atom is 0.237 e. The average molecular weight is 651 g/mol. The smallest absolute Gasteiger partial charge is 0.237 e. The normalized spacial score (nSPS) is 19.6. The van der Waals surface area contributed by atoms with Gasteiger partial charge in [-0.2, -0.15) is 0 Å². The first-order chi connectivity index (χ1) is 21.1. The fourth-order valence-corrected chi connectivity index (χ4v) is 7.90. The molecule has 252 valence electrons. The van der Waals surface area contributed by atoms with E-state index in [1.165, 1.54) is 33.3 Å². The van der Waals surface area contributed by atoms with E-state index in [1.807, 2.05) is 30.3 Å². The van der Waals surface area contributed by atoms with Crippen molar-refractivity contribution < 1.29 is 38.4 Å². The van der Waals surface area contributed by atoms with Gasteiger partial charge in [0, 0.05) is 24.7 Å². The third-order valence-corrected chi connectivity index (χ3v) is 11.9. The first-order valence-electron chi connectivity index (χ1n) is 15.6. The van der Waals surface area contributed by atoms with E-state index in [0.29, 0.717) is 31.4 Å². The van der Waals surface area contributed by atoms with Crippen LogP contribution in [0.25, 0.3) is 0 Å². The molecule has 45 heavy (non-hydrogen) atoms. The van der Waals surface area contributed by atoms with E-state index in [-0.39, 0.29) is 19.3 Å². The second-order valence-electron chi connectivity index (χ2n) is 13.3. The molecule has 1 amide bonds. The number of sulfone groups is 1. The number of aromatic nitrogens is 2. The SMILES string of the molecule is CC(C)(C)S(=O)(=O)CC(C(=O)CCc1ccccc1)(C1CCCCC1)[C@H](NC(=O)[C@@H](N)Cc1cnc[nH]1)[C@@H](O)[C@@H](O)[C@H](O)CO. The third-order valence-electron chi connectivity index (χ3n) is 9.16. The highest BCUT2D eigenvalue weighted by Crippen LogP contribution is 2.47. The molecule has 12 nitrogen and oxygen atoms in total. The Balaban J connectivity index is 2.21. The number of nitrogens with one attached hydrogen (secondary N) is 2. The van der Waals surface area contributed by atoms with E-state index in [2.05, 4.69) is 15.3 Å². The summed E-state index contributed by atoms with van der Waals surface area (Å²) in [5, 5.41) is 45.4. The number of aliphatic hydroxyl groups is 4. The third kappa shape index (κ3) is 8.99. The van der Waals surface area contributed by atoms with Gasteiger partial charge < -0.3 is 36.5 Å². The predicted molar refractivity (Wildman–Crippen MR) is 170 cm³/mol. The molecule has 2 aromatic rings. The van der Waals surface area contributed by atoms with Gasteiger partial charge in [0.15, 0.2) is 9.84 Å². The zero-order chi connectivity index (χ0) is 33.4. The molecule has 1 aromatic carbocycles. The number of carbonyl (C=O) groups is 2. The molecule has 0 radical (unpaired) electrons. The van der Waals surface area contributed by atoms with E-state index in [0.717, 1.165) is 12.0 Å². The van der Waals surface area contributed by atoms with Gasteiger partial charge in [-0.3, -0.25) is 9.59 Å². The highest BCUT2D eigenvalue weighted by Gasteiger charge is 2.58. The molecule has 1 fully saturated rings. The Morgan fingerprint density at radius 1 is 1.07 bits per heavy atom. The Hall–Kier alpha value is -2.68. The second-order valence-corrected chi connectivity index (χ2v) is 16.0. The molecule has 1 unspecified atom stereocenters. The molecule has 13 heteroatoms. The molecule has 0 bridgehead atoms. The molecule has 1 saturated carbocycles. The topological polar surface area (TPSA) is 216 Å². The van der Waals surface area contributed by atoms with Gasteiger partial charge in [0.25, 0.3) is 0 Å². The van der Waals surface area contributed by atoms with Crippen molar-refractivity contribution >= 4 is 21.5 Å². The summed E-state index contributed by atoms with van der Waals surface area (Å²) in [6, 6.07) is 6.35. The van der Waals surface area contributed by atoms with E-state index in [4.69, 9.17) is 5.73 Å². The van der Waals surface area contributed by atoms with Crippen molar-refractivity contribution in [3.05, 3.63) is 54.1 Å². The van der Waals surface area contributed by atoms with Gasteiger partial charge in [0.05, 0.1) is 40.9 Å². The van der Waals surface area contributed by atoms with Crippen LogP contribution in [-0.4, -0.2) is 98.0 Å². The van der Waals surface area contributed by atoms with Crippen LogP contribution in [0.2, 0.25) is 0 Å². The van der Waals surface area contributed by atoms with Crippen LogP contribution >= 0.6 is 0 Å². The van der Waals surface area contributed by atoms with Crippen molar-refractivity contribution in [2.24, 2.45) is 17.1 Å². The number of benzene rings is 1. The number of aryl methyl sites for hydroxylation is 1. The Morgan fingerprint density at radius 3 is 2.27 bits per heavy atom. The number of aromatic amines is 1. The number of carbonyl (C=O) groups excluding carboxylic acids is 2. The minimum Gasteiger partial charge on any atom is -0.394 e. The number of rotatable bonds is 16. The molecule has 6 atom stereocenters. The summed E-state index contributed by atoms with van der Waals surface area (Å²) in [4.78, 5) is 35.3. The number of nitrogens with zero attached hydrogens (tertiary/aromatic N) is 1. The van der Waals surface area contributed by atoms with Crippen molar-refractivity contribution in [1.29, 1.82) is 0 Å². The van der Waals surface area contributed by atoms with E-state index >= 15 is 0 Å². The number of imidazole rings is 1. The fourth-order valence-electron chi connectivity index (χ4n) is 6.26. The lowest BCUT2D eigenvalue weighted by Gasteiger charge is -2.50. The van der Waals surface area contributed by atoms with Crippen molar-refractivity contribution in [2.45, 2.75) is 107 Å². The first kappa shape index (κ1) is 36.8. The summed E-state index contributed by atoms with van der Waals surface area (Å²) in [5.41, 5.74) is 5.75. The first-order valence-corrected chi connectivity index (χ1v) is 17.3. The molecule has 1 heterocycles. The monoisotopic (exact) mass is 650 g/mol. The van der Waals surface area contributed by atoms with Crippen LogP contribution in [0.1, 0.15) is 70.6 Å². The Labute approximate surface area is 265 Å². The van der Waals surface area contributed by atoms with Crippen LogP contribution in [0.5, 0.6) is 0 Å². The standard InChI is InChI=1S/C32H50N4O8S/c1-31(2,3)45(43,44)19-32(22-12-8-5-9-13-22,26(39)15-14-21-10-6-4-7-11-21)29(28(41)27(40)25(38)18-37)36-30(42)24(33)16-23-17-34-20-35-23/h4,6-7,10-11,17,20,22,24-25,27-29,37-38,40-41H,5,8-9,12-16,18-19,33H2,1-3H3,(H,34,35)(H,36,42)/t24-,25+,27-,28-,29+,32?/m0/s1. The Morgan fingerprint density at radius 2 is 1.71 bits per heavy atom. The fraction of sp³-hybridized carbons (Fsp3) is 0.656. The van der Waals surface area contributed by atoms with Gasteiger partial charge in [-0.05, 0) is 51.5 Å². The number of amides is 1. The lowest BCUT2D eigenvalue weighted by atomic mass is 9.60. The van der Waals surface area contributed by atoms with Crippen molar-refractivity contribution in [3.63, 3.8) is 0 Å². The van der Waals surface area contributed by atoms with E-state index in [9.17, 15) is 38.4 Å². The quantitative estimate of drug-likeness (QED) is 0.136. The highest BCUT2D eigenvalue weighted by atomic mass is 32.2. The zero-order valence-corrected chi connectivity index (χ0v) is 27.2. The maximum atomic E-state index is 14.8. The minimum absolute atomic E-state index is 0.0230. The summed E-state index contributed by atoms with van der Waals surface area (Å²) in [6.45, 7) is 3.65. The molecular formula is C32H50N4O8S. The van der Waals surface area contributed by atoms with Crippen LogP contribution in [0, 0.1) is 11.3 Å². The minimum atomic E-state index is -4.08. The van der Waals surface area contributed by atoms with E-state index < -0.39 is 80.4 Å². The van der Waals surface area contributed by atoms with Gasteiger partial charge in [0.2, 0.25) is 5.91 Å². The van der Waals surface area contributed by atoms with Gasteiger partial charge in [-0.25, -0.2) is 13.4 Å². The molecule has 0 aliphatic heterocycles. The van der Waals surface area contributed by atoms with Crippen LogP contribution in [0.4, 0.5) is 0 Å². The van der Waals surface area contributed by atoms with Crippen molar-refractivity contribution in [2.75, 3.05) is 12.4 Å². The summed E-state index contributed by atoms with van der Waals surface area (Å²) < 4.78 is 26.8. The lowest BCUT2D eigenvalue weighted by Crippen LogP contribution is -2.68. The number of H-pyrrole nitrogens is 1. The largest absolute Gasteiger partial charge is 0.394 e. The molecule has 1 aromatic heterocycles.